The summed E-state index contributed by atoms with van der Waals surface area (Å²) in [6, 6.07) is 10.3. The van der Waals surface area contributed by atoms with E-state index >= 15 is 0 Å². The number of hydrogen-bond acceptors (Lipinski definition) is 6. The van der Waals surface area contributed by atoms with Gasteiger partial charge in [-0.2, -0.15) is 5.10 Å². The highest BCUT2D eigenvalue weighted by Gasteiger charge is 2.07. The van der Waals surface area contributed by atoms with E-state index in [1.165, 1.54) is 49.1 Å². The second kappa shape index (κ2) is 7.75. The van der Waals surface area contributed by atoms with Crippen LogP contribution in [0.3, 0.4) is 0 Å². The quantitative estimate of drug-likeness (QED) is 0.374. The number of aromatic hydroxyl groups is 1. The molecule has 124 valence electrons. The van der Waals surface area contributed by atoms with Crippen LogP contribution in [0.2, 0.25) is 0 Å². The second-order valence-corrected chi connectivity index (χ2v) is 4.65. The molecule has 0 unspecified atom stereocenters. The minimum absolute atomic E-state index is 0.00527. The predicted molar refractivity (Wildman–Crippen MR) is 85.4 cm³/mol. The summed E-state index contributed by atoms with van der Waals surface area (Å²) in [4.78, 5) is 23.1. The predicted octanol–water partition coefficient (Wildman–Crippen LogP) is 1.28. The summed E-state index contributed by atoms with van der Waals surface area (Å²) in [6.07, 6.45) is 1.40. The molecule has 8 nitrogen and oxygen atoms in total. The fourth-order valence-electron chi connectivity index (χ4n) is 1.84. The van der Waals surface area contributed by atoms with Gasteiger partial charge in [0.05, 0.1) is 13.3 Å². The summed E-state index contributed by atoms with van der Waals surface area (Å²) < 4.78 is 4.97. The Labute approximate surface area is 137 Å². The molecule has 0 spiro atoms. The number of hydroxylamine groups is 1. The van der Waals surface area contributed by atoms with Crippen molar-refractivity contribution in [1.29, 1.82) is 0 Å². The number of hydrazone groups is 1. The lowest BCUT2D eigenvalue weighted by atomic mass is 10.1. The van der Waals surface area contributed by atoms with Crippen molar-refractivity contribution in [3.63, 3.8) is 0 Å². The van der Waals surface area contributed by atoms with E-state index in [0.717, 1.165) is 0 Å². The maximum Gasteiger partial charge on any atom is 0.274 e. The monoisotopic (exact) mass is 329 g/mol. The number of ether oxygens (including phenoxy) is 1. The van der Waals surface area contributed by atoms with Crippen LogP contribution in [0.15, 0.2) is 47.6 Å². The second-order valence-electron chi connectivity index (χ2n) is 4.65. The number of rotatable bonds is 5. The number of phenols is 1. The minimum Gasteiger partial charge on any atom is -0.504 e. The molecule has 0 aromatic heterocycles. The van der Waals surface area contributed by atoms with Crippen molar-refractivity contribution in [3.05, 3.63) is 59.2 Å². The van der Waals surface area contributed by atoms with Gasteiger partial charge in [0.2, 0.25) is 0 Å². The van der Waals surface area contributed by atoms with Gasteiger partial charge in [-0.05, 0) is 48.0 Å². The van der Waals surface area contributed by atoms with E-state index in [1.807, 2.05) is 0 Å². The molecule has 0 saturated carbocycles. The number of amides is 2. The number of phenolic OH excluding ortho intramolecular Hbond substituents is 1. The van der Waals surface area contributed by atoms with Crippen molar-refractivity contribution in [2.75, 3.05) is 7.11 Å². The molecule has 0 aliphatic rings. The van der Waals surface area contributed by atoms with Crippen LogP contribution in [-0.2, 0) is 0 Å². The van der Waals surface area contributed by atoms with Crippen molar-refractivity contribution in [2.45, 2.75) is 0 Å². The fourth-order valence-corrected chi connectivity index (χ4v) is 1.84. The number of hydrogen-bond donors (Lipinski definition) is 4. The third-order valence-corrected chi connectivity index (χ3v) is 3.09. The molecule has 0 fully saturated rings. The van der Waals surface area contributed by atoms with Crippen LogP contribution in [0.1, 0.15) is 26.3 Å². The molecule has 4 N–H and O–H groups in total. The first-order valence-electron chi connectivity index (χ1n) is 6.80. The van der Waals surface area contributed by atoms with Crippen LogP contribution >= 0.6 is 0 Å². The average molecular weight is 329 g/mol. The lowest BCUT2D eigenvalue weighted by molar-refractivity contribution is 0.0706. The summed E-state index contributed by atoms with van der Waals surface area (Å²) in [7, 11) is 1.43. The van der Waals surface area contributed by atoms with E-state index in [4.69, 9.17) is 9.94 Å². The van der Waals surface area contributed by atoms with Gasteiger partial charge in [-0.1, -0.05) is 0 Å². The van der Waals surface area contributed by atoms with E-state index in [2.05, 4.69) is 10.5 Å². The Morgan fingerprint density at radius 2 is 1.71 bits per heavy atom. The zero-order valence-corrected chi connectivity index (χ0v) is 12.7. The smallest absolute Gasteiger partial charge is 0.274 e. The van der Waals surface area contributed by atoms with Crippen LogP contribution in [0.4, 0.5) is 0 Å². The van der Waals surface area contributed by atoms with Gasteiger partial charge in [-0.25, -0.2) is 10.9 Å². The fraction of sp³-hybridized carbons (Fsp3) is 0.0625. The number of nitrogens with one attached hydrogen (secondary N) is 2. The Bertz CT molecular complexity index is 772. The third-order valence-electron chi connectivity index (χ3n) is 3.09. The van der Waals surface area contributed by atoms with Crippen LogP contribution in [0.5, 0.6) is 11.5 Å². The number of carbonyl (C=O) groups excluding carboxylic acids is 2. The van der Waals surface area contributed by atoms with Gasteiger partial charge in [0, 0.05) is 11.1 Å². The lowest BCUT2D eigenvalue weighted by Gasteiger charge is -2.04. The summed E-state index contributed by atoms with van der Waals surface area (Å²) >= 11 is 0. The molecular formula is C16H15N3O5. The summed E-state index contributed by atoms with van der Waals surface area (Å²) in [5.41, 5.74) is 4.98. The number of benzene rings is 2. The molecule has 2 amide bonds. The van der Waals surface area contributed by atoms with Crippen molar-refractivity contribution in [2.24, 2.45) is 5.10 Å². The molecule has 0 radical (unpaired) electrons. The maximum absolute atomic E-state index is 11.9. The first kappa shape index (κ1) is 17.0. The Kier molecular flexibility index (Phi) is 5.48. The SMILES string of the molecule is COc1cc(/C=N/NC(=O)c2ccc(C(=O)NO)cc2)ccc1O. The molecule has 0 aliphatic carbocycles. The van der Waals surface area contributed by atoms with Gasteiger partial charge in [-0.3, -0.25) is 14.8 Å². The number of carbonyl (C=O) groups is 2. The largest absolute Gasteiger partial charge is 0.504 e. The van der Waals surface area contributed by atoms with Crippen LogP contribution < -0.4 is 15.6 Å². The molecule has 0 atom stereocenters. The Morgan fingerprint density at radius 1 is 1.08 bits per heavy atom. The van der Waals surface area contributed by atoms with Gasteiger partial charge in [0.15, 0.2) is 11.5 Å². The van der Waals surface area contributed by atoms with E-state index in [1.54, 1.807) is 12.1 Å². The molecule has 0 saturated heterocycles. The molecule has 24 heavy (non-hydrogen) atoms. The normalized spacial score (nSPS) is 10.4. The van der Waals surface area contributed by atoms with Crippen molar-refractivity contribution >= 4 is 18.0 Å². The van der Waals surface area contributed by atoms with Gasteiger partial charge < -0.3 is 9.84 Å². The average Bonchev–Trinajstić information content (AvgIpc) is 2.62. The molecule has 2 aromatic rings. The molecule has 0 bridgehead atoms. The first-order valence-corrected chi connectivity index (χ1v) is 6.80. The Hall–Kier alpha value is -3.39. The topological polar surface area (TPSA) is 120 Å². The number of methoxy groups -OCH3 is 1. The van der Waals surface area contributed by atoms with Crippen LogP contribution in [0, 0.1) is 0 Å². The maximum atomic E-state index is 11.9. The number of nitrogens with zero attached hydrogens (tertiary/aromatic N) is 1. The van der Waals surface area contributed by atoms with Crippen molar-refractivity contribution in [1.82, 2.24) is 10.9 Å². The van der Waals surface area contributed by atoms with Crippen LogP contribution in [-0.4, -0.2) is 35.5 Å². The zero-order valence-electron chi connectivity index (χ0n) is 12.7. The van der Waals surface area contributed by atoms with E-state index in [-0.39, 0.29) is 11.3 Å². The highest BCUT2D eigenvalue weighted by molar-refractivity contribution is 5.97. The molecule has 0 heterocycles. The van der Waals surface area contributed by atoms with Crippen molar-refractivity contribution in [3.8, 4) is 11.5 Å². The van der Waals surface area contributed by atoms with Gasteiger partial charge in [0.25, 0.3) is 11.8 Å². The van der Waals surface area contributed by atoms with Gasteiger partial charge in [0.1, 0.15) is 0 Å². The van der Waals surface area contributed by atoms with Gasteiger partial charge >= 0.3 is 0 Å². The highest BCUT2D eigenvalue weighted by Crippen LogP contribution is 2.25. The molecule has 0 aliphatic heterocycles. The van der Waals surface area contributed by atoms with Crippen molar-refractivity contribution < 1.29 is 24.6 Å². The van der Waals surface area contributed by atoms with Gasteiger partial charge in [-0.15, -0.1) is 0 Å². The zero-order chi connectivity index (χ0) is 17.5. The third kappa shape index (κ3) is 4.08. The van der Waals surface area contributed by atoms with E-state index in [9.17, 15) is 14.7 Å². The molecule has 8 heteroatoms. The standard InChI is InChI=1S/C16H15N3O5/c1-24-14-8-10(2-7-13(14)20)9-17-18-15(21)11-3-5-12(6-4-11)16(22)19-23/h2-9,20,23H,1H3,(H,18,21)(H,19,22)/b17-9+. The molecule has 2 rings (SSSR count). The molecule has 2 aromatic carbocycles. The Balaban J connectivity index is 2.01. The lowest BCUT2D eigenvalue weighted by Crippen LogP contribution is -2.20. The van der Waals surface area contributed by atoms with E-state index in [0.29, 0.717) is 16.9 Å². The highest BCUT2D eigenvalue weighted by atomic mass is 16.5. The first-order chi connectivity index (χ1) is 11.5. The Morgan fingerprint density at radius 3 is 2.29 bits per heavy atom. The van der Waals surface area contributed by atoms with Crippen LogP contribution in [0.25, 0.3) is 0 Å². The van der Waals surface area contributed by atoms with E-state index < -0.39 is 11.8 Å². The minimum atomic E-state index is -0.666. The summed E-state index contributed by atoms with van der Waals surface area (Å²) in [6.45, 7) is 0. The summed E-state index contributed by atoms with van der Waals surface area (Å²) in [5.74, 6) is -0.831. The molecular weight excluding hydrogens is 314 g/mol. The summed E-state index contributed by atoms with van der Waals surface area (Å²) in [5, 5.41) is 21.8.